The van der Waals surface area contributed by atoms with Gasteiger partial charge in [0.2, 0.25) is 5.91 Å². The van der Waals surface area contributed by atoms with Crippen molar-refractivity contribution in [1.29, 1.82) is 0 Å². The molecule has 1 unspecified atom stereocenters. The van der Waals surface area contributed by atoms with E-state index in [1.165, 1.54) is 18.2 Å². The zero-order valence-corrected chi connectivity index (χ0v) is 13.4. The predicted octanol–water partition coefficient (Wildman–Crippen LogP) is 2.06. The van der Waals surface area contributed by atoms with Crippen LogP contribution in [0.3, 0.4) is 0 Å². The fraction of sp³-hybridized carbons (Fsp3) is 0.176. The first-order valence-corrected chi connectivity index (χ1v) is 7.58. The van der Waals surface area contributed by atoms with Crippen LogP contribution in [-0.2, 0) is 4.79 Å². The molecule has 126 valence electrons. The van der Waals surface area contributed by atoms with Crippen molar-refractivity contribution < 1.29 is 19.1 Å². The second-order valence-corrected chi connectivity index (χ2v) is 5.44. The van der Waals surface area contributed by atoms with Gasteiger partial charge in [0.1, 0.15) is 5.82 Å². The molecule has 0 fully saturated rings. The lowest BCUT2D eigenvalue weighted by Gasteiger charge is -2.13. The summed E-state index contributed by atoms with van der Waals surface area (Å²) < 4.78 is 13.1. The van der Waals surface area contributed by atoms with Gasteiger partial charge in [0.05, 0.1) is 23.2 Å². The van der Waals surface area contributed by atoms with E-state index >= 15 is 0 Å². The maximum Gasteiger partial charge on any atom is 0.253 e. The van der Waals surface area contributed by atoms with Gasteiger partial charge < -0.3 is 15.7 Å². The largest absolute Gasteiger partial charge is 0.387 e. The number of halogens is 2. The van der Waals surface area contributed by atoms with Crippen molar-refractivity contribution in [3.63, 3.8) is 0 Å². The van der Waals surface area contributed by atoms with Crippen molar-refractivity contribution >= 4 is 23.4 Å². The van der Waals surface area contributed by atoms with E-state index in [0.29, 0.717) is 5.56 Å². The minimum Gasteiger partial charge on any atom is -0.387 e. The van der Waals surface area contributed by atoms with E-state index in [2.05, 4.69) is 10.6 Å². The molecule has 0 radical (unpaired) electrons. The molecule has 3 N–H and O–H groups in total. The van der Waals surface area contributed by atoms with Gasteiger partial charge in [-0.05, 0) is 29.8 Å². The summed E-state index contributed by atoms with van der Waals surface area (Å²) in [6.07, 6.45) is -1.04. The first-order chi connectivity index (χ1) is 11.5. The smallest absolute Gasteiger partial charge is 0.253 e. The summed E-state index contributed by atoms with van der Waals surface area (Å²) in [4.78, 5) is 23.6. The van der Waals surface area contributed by atoms with Crippen LogP contribution in [0.2, 0.25) is 5.02 Å². The quantitative estimate of drug-likeness (QED) is 0.746. The lowest BCUT2D eigenvalue weighted by atomic mass is 10.1. The average Bonchev–Trinajstić information content (AvgIpc) is 2.58. The van der Waals surface area contributed by atoms with Gasteiger partial charge in [0.25, 0.3) is 5.91 Å². The monoisotopic (exact) mass is 350 g/mol. The van der Waals surface area contributed by atoms with Crippen molar-refractivity contribution in [2.24, 2.45) is 0 Å². The summed E-state index contributed by atoms with van der Waals surface area (Å²) in [5.41, 5.74) is 0.627. The third-order valence-corrected chi connectivity index (χ3v) is 3.58. The van der Waals surface area contributed by atoms with Crippen LogP contribution in [0.15, 0.2) is 48.5 Å². The van der Waals surface area contributed by atoms with Gasteiger partial charge in [0.15, 0.2) is 0 Å². The lowest BCUT2D eigenvalue weighted by molar-refractivity contribution is -0.120. The number of carbonyl (C=O) groups is 2. The molecule has 24 heavy (non-hydrogen) atoms. The molecule has 0 heterocycles. The Morgan fingerprint density at radius 3 is 2.58 bits per heavy atom. The van der Waals surface area contributed by atoms with Gasteiger partial charge in [-0.1, -0.05) is 35.9 Å². The molecule has 2 aromatic carbocycles. The van der Waals surface area contributed by atoms with Gasteiger partial charge >= 0.3 is 0 Å². The summed E-state index contributed by atoms with van der Waals surface area (Å²) >= 11 is 5.89. The minimum atomic E-state index is -1.04. The highest BCUT2D eigenvalue weighted by Crippen LogP contribution is 2.14. The molecule has 2 aromatic rings. The second kappa shape index (κ2) is 8.42. The molecule has 0 spiro atoms. The molecular weight excluding hydrogens is 335 g/mol. The Morgan fingerprint density at radius 1 is 1.12 bits per heavy atom. The molecule has 0 saturated heterocycles. The highest BCUT2D eigenvalue weighted by Gasteiger charge is 2.13. The van der Waals surface area contributed by atoms with Crippen LogP contribution in [0.5, 0.6) is 0 Å². The third-order valence-electron chi connectivity index (χ3n) is 3.25. The van der Waals surface area contributed by atoms with Gasteiger partial charge in [-0.25, -0.2) is 4.39 Å². The normalized spacial score (nSPS) is 11.6. The van der Waals surface area contributed by atoms with Crippen molar-refractivity contribution in [3.05, 3.63) is 70.5 Å². The van der Waals surface area contributed by atoms with E-state index in [1.54, 1.807) is 30.3 Å². The van der Waals surface area contributed by atoms with Crippen LogP contribution in [0.1, 0.15) is 22.0 Å². The average molecular weight is 351 g/mol. The van der Waals surface area contributed by atoms with E-state index in [4.69, 9.17) is 11.6 Å². The first kappa shape index (κ1) is 17.9. The number of hydrogen-bond donors (Lipinski definition) is 3. The van der Waals surface area contributed by atoms with E-state index in [0.717, 1.165) is 0 Å². The fourth-order valence-electron chi connectivity index (χ4n) is 2.01. The second-order valence-electron chi connectivity index (χ2n) is 5.04. The third kappa shape index (κ3) is 5.04. The van der Waals surface area contributed by atoms with Gasteiger partial charge in [-0.3, -0.25) is 9.59 Å². The van der Waals surface area contributed by atoms with Crippen molar-refractivity contribution in [1.82, 2.24) is 10.6 Å². The molecule has 1 atom stereocenters. The molecule has 7 heteroatoms. The zero-order valence-electron chi connectivity index (χ0n) is 12.6. The molecule has 0 saturated carbocycles. The summed E-state index contributed by atoms with van der Waals surface area (Å²) in [7, 11) is 0. The summed E-state index contributed by atoms with van der Waals surface area (Å²) in [5.74, 6) is -1.42. The Hall–Kier alpha value is -2.44. The molecular formula is C17H16ClFN2O3. The zero-order chi connectivity index (χ0) is 17.5. The lowest BCUT2D eigenvalue weighted by Crippen LogP contribution is -2.38. The number of aliphatic hydroxyl groups is 1. The summed E-state index contributed by atoms with van der Waals surface area (Å²) in [6, 6.07) is 12.0. The fourth-order valence-corrected chi connectivity index (χ4v) is 2.23. The minimum absolute atomic E-state index is 0.0930. The number of benzene rings is 2. The Labute approximate surface area is 143 Å². The number of carbonyl (C=O) groups excluding carboxylic acids is 2. The summed E-state index contributed by atoms with van der Waals surface area (Å²) in [5, 5.41) is 15.1. The van der Waals surface area contributed by atoms with Crippen LogP contribution < -0.4 is 10.6 Å². The molecule has 2 amide bonds. The molecule has 0 bridgehead atoms. The van der Waals surface area contributed by atoms with Crippen LogP contribution >= 0.6 is 11.6 Å². The SMILES string of the molecule is O=C(CNC(=O)c1ccccc1Cl)NCC(O)c1cccc(F)c1. The Balaban J connectivity index is 1.79. The van der Waals surface area contributed by atoms with Gasteiger partial charge in [-0.2, -0.15) is 0 Å². The van der Waals surface area contributed by atoms with Gasteiger partial charge in [-0.15, -0.1) is 0 Å². The Kier molecular flexibility index (Phi) is 6.28. The summed E-state index contributed by atoms with van der Waals surface area (Å²) in [6.45, 7) is -0.357. The number of hydrogen-bond acceptors (Lipinski definition) is 3. The first-order valence-electron chi connectivity index (χ1n) is 7.20. The Bertz CT molecular complexity index is 739. The number of rotatable bonds is 6. The van der Waals surface area contributed by atoms with Crippen LogP contribution in [0.4, 0.5) is 4.39 Å². The van der Waals surface area contributed by atoms with Gasteiger partial charge in [0, 0.05) is 6.54 Å². The van der Waals surface area contributed by atoms with E-state index in [1.807, 2.05) is 0 Å². The number of nitrogens with one attached hydrogen (secondary N) is 2. The molecule has 2 rings (SSSR count). The van der Waals surface area contributed by atoms with E-state index in [-0.39, 0.29) is 23.7 Å². The van der Waals surface area contributed by atoms with E-state index in [9.17, 15) is 19.1 Å². The molecule has 0 aromatic heterocycles. The standard InChI is InChI=1S/C17H16ClFN2O3/c18-14-7-2-1-6-13(14)17(24)21-10-16(23)20-9-15(22)11-4-3-5-12(19)8-11/h1-8,15,22H,9-10H2,(H,20,23)(H,21,24). The van der Waals surface area contributed by atoms with E-state index < -0.39 is 23.7 Å². The molecule has 0 aliphatic rings. The van der Waals surface area contributed by atoms with Crippen molar-refractivity contribution in [2.45, 2.75) is 6.10 Å². The number of aliphatic hydroxyl groups excluding tert-OH is 1. The van der Waals surface area contributed by atoms with Crippen LogP contribution in [0.25, 0.3) is 0 Å². The predicted molar refractivity (Wildman–Crippen MR) is 88.2 cm³/mol. The molecule has 0 aliphatic carbocycles. The van der Waals surface area contributed by atoms with Crippen molar-refractivity contribution in [2.75, 3.05) is 13.1 Å². The maximum atomic E-state index is 13.1. The highest BCUT2D eigenvalue weighted by atomic mass is 35.5. The topological polar surface area (TPSA) is 78.4 Å². The van der Waals surface area contributed by atoms with Crippen LogP contribution in [0, 0.1) is 5.82 Å². The Morgan fingerprint density at radius 2 is 1.88 bits per heavy atom. The van der Waals surface area contributed by atoms with Crippen LogP contribution in [-0.4, -0.2) is 30.0 Å². The molecule has 5 nitrogen and oxygen atoms in total. The number of amides is 2. The maximum absolute atomic E-state index is 13.1. The van der Waals surface area contributed by atoms with Crippen molar-refractivity contribution in [3.8, 4) is 0 Å². The molecule has 0 aliphatic heterocycles. The highest BCUT2D eigenvalue weighted by molar-refractivity contribution is 6.33.